The summed E-state index contributed by atoms with van der Waals surface area (Å²) in [5.41, 5.74) is 6.52. The smallest absolute Gasteiger partial charge is 0.237 e. The maximum Gasteiger partial charge on any atom is 0.237 e. The summed E-state index contributed by atoms with van der Waals surface area (Å²) < 4.78 is 0. The molecule has 2 atom stereocenters. The first-order valence-electron chi connectivity index (χ1n) is 8.07. The number of phenolic OH excluding ortho intramolecular Hbond substituents is 2. The van der Waals surface area contributed by atoms with Gasteiger partial charge in [0.25, 0.3) is 0 Å². The highest BCUT2D eigenvalue weighted by molar-refractivity contribution is 5.82. The summed E-state index contributed by atoms with van der Waals surface area (Å²) in [5.74, 6) is -0.591. The van der Waals surface area contributed by atoms with Gasteiger partial charge in [-0.3, -0.25) is 9.59 Å². The zero-order chi connectivity index (χ0) is 18.1. The van der Waals surface area contributed by atoms with Gasteiger partial charge in [-0.25, -0.2) is 0 Å². The van der Waals surface area contributed by atoms with Gasteiger partial charge >= 0.3 is 0 Å². The van der Waals surface area contributed by atoms with Crippen molar-refractivity contribution in [2.75, 3.05) is 13.6 Å². The molecule has 7 nitrogen and oxygen atoms in total. The van der Waals surface area contributed by atoms with Crippen LogP contribution in [0.25, 0.3) is 0 Å². The molecule has 0 aliphatic carbocycles. The number of aromatic hydroxyl groups is 2. The van der Waals surface area contributed by atoms with Gasteiger partial charge in [-0.2, -0.15) is 0 Å². The molecule has 6 N–H and O–H groups in total. The van der Waals surface area contributed by atoms with Crippen LogP contribution in [0.2, 0.25) is 0 Å². The SMILES string of the molecule is CN[C@@H](CCCCNC(=O)[C@@H](N)Cc1ccc(O)c(O)c1)C(C)=O. The van der Waals surface area contributed by atoms with E-state index in [2.05, 4.69) is 10.6 Å². The third-order valence-corrected chi connectivity index (χ3v) is 3.89. The average molecular weight is 337 g/mol. The number of hydrogen-bond acceptors (Lipinski definition) is 6. The van der Waals surface area contributed by atoms with Crippen molar-refractivity contribution in [3.8, 4) is 11.5 Å². The molecule has 1 aromatic rings. The maximum absolute atomic E-state index is 11.9. The van der Waals surface area contributed by atoms with Crippen LogP contribution in [-0.4, -0.2) is 47.6 Å². The molecular formula is C17H27N3O4. The van der Waals surface area contributed by atoms with Crippen molar-refractivity contribution >= 4 is 11.7 Å². The summed E-state index contributed by atoms with van der Waals surface area (Å²) in [5, 5.41) is 24.4. The molecule has 0 aliphatic rings. The number of nitrogens with two attached hydrogens (primary N) is 1. The second-order valence-corrected chi connectivity index (χ2v) is 5.87. The van der Waals surface area contributed by atoms with E-state index in [0.717, 1.165) is 19.3 Å². The number of Topliss-reactive ketones (excluding diaryl/α,β-unsaturated/α-hetero) is 1. The minimum absolute atomic E-state index is 0.112. The van der Waals surface area contributed by atoms with Crippen LogP contribution in [0.1, 0.15) is 31.7 Å². The second kappa shape index (κ2) is 9.89. The van der Waals surface area contributed by atoms with E-state index >= 15 is 0 Å². The molecule has 1 amide bonds. The fourth-order valence-corrected chi connectivity index (χ4v) is 2.41. The van der Waals surface area contributed by atoms with Gasteiger partial charge in [0, 0.05) is 6.54 Å². The summed E-state index contributed by atoms with van der Waals surface area (Å²) in [6, 6.07) is 3.51. The number of benzene rings is 1. The predicted octanol–water partition coefficient (Wildman–Crippen LogP) is 0.431. The Balaban J connectivity index is 2.29. The van der Waals surface area contributed by atoms with Crippen LogP contribution in [0.4, 0.5) is 0 Å². The van der Waals surface area contributed by atoms with Crippen molar-refractivity contribution in [1.82, 2.24) is 10.6 Å². The fourth-order valence-electron chi connectivity index (χ4n) is 2.41. The summed E-state index contributed by atoms with van der Waals surface area (Å²) in [6.45, 7) is 2.06. The predicted molar refractivity (Wildman–Crippen MR) is 91.8 cm³/mol. The molecule has 7 heteroatoms. The van der Waals surface area contributed by atoms with Crippen molar-refractivity contribution < 1.29 is 19.8 Å². The Morgan fingerprint density at radius 3 is 2.50 bits per heavy atom. The summed E-state index contributed by atoms with van der Waals surface area (Å²) in [6.07, 6.45) is 2.60. The first-order valence-corrected chi connectivity index (χ1v) is 8.07. The van der Waals surface area contributed by atoms with E-state index in [1.165, 1.54) is 12.1 Å². The number of hydrogen-bond donors (Lipinski definition) is 5. The van der Waals surface area contributed by atoms with E-state index in [1.54, 1.807) is 20.0 Å². The molecule has 0 bridgehead atoms. The molecule has 0 aromatic heterocycles. The van der Waals surface area contributed by atoms with Crippen LogP contribution in [0.5, 0.6) is 11.5 Å². The molecule has 0 spiro atoms. The minimum atomic E-state index is -0.726. The lowest BCUT2D eigenvalue weighted by molar-refractivity contribution is -0.122. The Morgan fingerprint density at radius 2 is 1.92 bits per heavy atom. The monoisotopic (exact) mass is 337 g/mol. The van der Waals surface area contributed by atoms with Gasteiger partial charge in [-0.1, -0.05) is 6.07 Å². The molecule has 0 fully saturated rings. The van der Waals surface area contributed by atoms with E-state index in [9.17, 15) is 19.8 Å². The Kier molecular flexibility index (Phi) is 8.21. The Labute approximate surface area is 142 Å². The van der Waals surface area contributed by atoms with Gasteiger partial charge in [0.15, 0.2) is 11.5 Å². The topological polar surface area (TPSA) is 125 Å². The molecule has 0 radical (unpaired) electrons. The standard InChI is InChI=1S/C17H27N3O4/c1-11(21)14(19-2)5-3-4-8-20-17(24)13(18)9-12-6-7-15(22)16(23)10-12/h6-7,10,13-14,19,22-23H,3-5,8-9,18H2,1-2H3,(H,20,24)/t13-,14-/m0/s1. The molecule has 1 aromatic carbocycles. The molecule has 0 unspecified atom stereocenters. The highest BCUT2D eigenvalue weighted by atomic mass is 16.3. The van der Waals surface area contributed by atoms with E-state index in [0.29, 0.717) is 12.1 Å². The Bertz CT molecular complexity index is 563. The van der Waals surface area contributed by atoms with Crippen LogP contribution >= 0.6 is 0 Å². The van der Waals surface area contributed by atoms with Crippen LogP contribution in [-0.2, 0) is 16.0 Å². The van der Waals surface area contributed by atoms with Gasteiger partial charge in [-0.05, 0) is 57.4 Å². The summed E-state index contributed by atoms with van der Waals surface area (Å²) >= 11 is 0. The average Bonchev–Trinajstić information content (AvgIpc) is 2.53. The highest BCUT2D eigenvalue weighted by Crippen LogP contribution is 2.25. The lowest BCUT2D eigenvalue weighted by Gasteiger charge is -2.14. The Morgan fingerprint density at radius 1 is 1.21 bits per heavy atom. The van der Waals surface area contributed by atoms with Gasteiger partial charge in [0.2, 0.25) is 5.91 Å². The third-order valence-electron chi connectivity index (χ3n) is 3.89. The minimum Gasteiger partial charge on any atom is -0.504 e. The van der Waals surface area contributed by atoms with Crippen LogP contribution in [0.3, 0.4) is 0 Å². The third kappa shape index (κ3) is 6.55. The van der Waals surface area contributed by atoms with Gasteiger partial charge in [0.05, 0.1) is 12.1 Å². The molecule has 1 rings (SSSR count). The van der Waals surface area contributed by atoms with E-state index in [1.807, 2.05) is 0 Å². The number of nitrogens with one attached hydrogen (secondary N) is 2. The number of phenols is 2. The zero-order valence-electron chi connectivity index (χ0n) is 14.2. The second-order valence-electron chi connectivity index (χ2n) is 5.87. The number of rotatable bonds is 10. The lowest BCUT2D eigenvalue weighted by atomic mass is 10.0. The van der Waals surface area contributed by atoms with E-state index in [4.69, 9.17) is 5.73 Å². The van der Waals surface area contributed by atoms with Crippen LogP contribution in [0, 0.1) is 0 Å². The molecule has 0 aliphatic heterocycles. The number of unbranched alkanes of at least 4 members (excludes halogenated alkanes) is 1. The largest absolute Gasteiger partial charge is 0.504 e. The van der Waals surface area contributed by atoms with Gasteiger partial charge in [-0.15, -0.1) is 0 Å². The van der Waals surface area contributed by atoms with Gasteiger partial charge in [0.1, 0.15) is 5.78 Å². The highest BCUT2D eigenvalue weighted by Gasteiger charge is 2.15. The molecule has 0 saturated carbocycles. The summed E-state index contributed by atoms with van der Waals surface area (Å²) in [7, 11) is 1.76. The number of carbonyl (C=O) groups excluding carboxylic acids is 2. The van der Waals surface area contributed by atoms with Crippen molar-refractivity contribution in [3.63, 3.8) is 0 Å². The van der Waals surface area contributed by atoms with Gasteiger partial charge < -0.3 is 26.6 Å². The normalized spacial score (nSPS) is 13.3. The molecular weight excluding hydrogens is 310 g/mol. The maximum atomic E-state index is 11.9. The van der Waals surface area contributed by atoms with Crippen molar-refractivity contribution in [3.05, 3.63) is 23.8 Å². The quantitative estimate of drug-likeness (QED) is 0.311. The molecule has 0 heterocycles. The fraction of sp³-hybridized carbons (Fsp3) is 0.529. The Hall–Kier alpha value is -2.12. The molecule has 134 valence electrons. The first kappa shape index (κ1) is 19.9. The van der Waals surface area contributed by atoms with Crippen molar-refractivity contribution in [2.45, 2.75) is 44.7 Å². The molecule has 24 heavy (non-hydrogen) atoms. The zero-order valence-corrected chi connectivity index (χ0v) is 14.2. The first-order chi connectivity index (χ1) is 11.3. The molecule has 0 saturated heterocycles. The van der Waals surface area contributed by atoms with Crippen molar-refractivity contribution in [1.29, 1.82) is 0 Å². The number of ketones is 1. The summed E-state index contributed by atoms with van der Waals surface area (Å²) in [4.78, 5) is 23.2. The van der Waals surface area contributed by atoms with Crippen LogP contribution < -0.4 is 16.4 Å². The number of amides is 1. The lowest BCUT2D eigenvalue weighted by Crippen LogP contribution is -2.42. The van der Waals surface area contributed by atoms with Crippen LogP contribution in [0.15, 0.2) is 18.2 Å². The number of carbonyl (C=O) groups is 2. The van der Waals surface area contributed by atoms with E-state index in [-0.39, 0.29) is 35.7 Å². The number of likely N-dealkylation sites (N-methyl/N-ethyl adjacent to an activating group) is 1. The van der Waals surface area contributed by atoms with Crippen molar-refractivity contribution in [2.24, 2.45) is 5.73 Å². The van der Waals surface area contributed by atoms with E-state index < -0.39 is 6.04 Å².